The highest BCUT2D eigenvalue weighted by Gasteiger charge is 2.36. The van der Waals surface area contributed by atoms with Crippen molar-refractivity contribution in [3.8, 4) is 0 Å². The van der Waals surface area contributed by atoms with Gasteiger partial charge in [0, 0.05) is 26.7 Å². The molecule has 104 valence electrons. The lowest BCUT2D eigenvalue weighted by molar-refractivity contribution is -0.145. The van der Waals surface area contributed by atoms with Crippen LogP contribution >= 0.6 is 24.0 Å². The Morgan fingerprint density at radius 2 is 2.28 bits per heavy atom. The maximum absolute atomic E-state index is 11.6. The summed E-state index contributed by atoms with van der Waals surface area (Å²) in [5.41, 5.74) is 0. The number of hydrogen-bond acceptors (Lipinski definition) is 3. The van der Waals surface area contributed by atoms with Gasteiger partial charge in [0.2, 0.25) is 0 Å². The molecular weight excluding hydrogens is 345 g/mol. The first-order chi connectivity index (χ1) is 8.13. The van der Waals surface area contributed by atoms with Gasteiger partial charge in [-0.1, -0.05) is 13.0 Å². The summed E-state index contributed by atoms with van der Waals surface area (Å²) in [6.07, 6.45) is 1.78. The van der Waals surface area contributed by atoms with Gasteiger partial charge in [0.25, 0.3) is 0 Å². The molecule has 1 fully saturated rings. The van der Waals surface area contributed by atoms with Crippen molar-refractivity contribution in [3.63, 3.8) is 0 Å². The van der Waals surface area contributed by atoms with Gasteiger partial charge in [-0.15, -0.1) is 30.6 Å². The van der Waals surface area contributed by atoms with Gasteiger partial charge in [0.15, 0.2) is 5.96 Å². The lowest BCUT2D eigenvalue weighted by Crippen LogP contribution is -2.40. The lowest BCUT2D eigenvalue weighted by atomic mass is 9.99. The van der Waals surface area contributed by atoms with E-state index in [9.17, 15) is 4.79 Å². The normalized spacial score (nSPS) is 23.3. The van der Waals surface area contributed by atoms with E-state index in [2.05, 4.69) is 28.7 Å². The summed E-state index contributed by atoms with van der Waals surface area (Å²) in [6, 6.07) is 0. The van der Waals surface area contributed by atoms with Gasteiger partial charge >= 0.3 is 5.97 Å². The van der Waals surface area contributed by atoms with Crippen LogP contribution in [-0.2, 0) is 9.53 Å². The van der Waals surface area contributed by atoms with Crippen LogP contribution in [0.15, 0.2) is 17.6 Å². The number of carbonyl (C=O) groups is 1. The summed E-state index contributed by atoms with van der Waals surface area (Å²) >= 11 is 0. The largest absolute Gasteiger partial charge is 0.469 e. The standard InChI is InChI=1S/C12H21N3O2.HI/c1-5-6-14-12(13-3)15-7-9(2)10(8-15)11(16)17-4;/h5,9-10H,1,6-8H2,2-4H3,(H,13,14);1H. The van der Waals surface area contributed by atoms with Gasteiger partial charge in [-0.25, -0.2) is 0 Å². The molecule has 0 saturated carbocycles. The Hall–Kier alpha value is -0.790. The second kappa shape index (κ2) is 8.34. The van der Waals surface area contributed by atoms with Crippen LogP contribution < -0.4 is 5.32 Å². The zero-order chi connectivity index (χ0) is 12.8. The summed E-state index contributed by atoms with van der Waals surface area (Å²) in [5.74, 6) is 0.884. The van der Waals surface area contributed by atoms with Crippen LogP contribution in [-0.4, -0.2) is 50.6 Å². The molecule has 0 aliphatic carbocycles. The highest BCUT2D eigenvalue weighted by Crippen LogP contribution is 2.23. The van der Waals surface area contributed by atoms with Crippen molar-refractivity contribution < 1.29 is 9.53 Å². The third-order valence-corrected chi connectivity index (χ3v) is 3.03. The minimum absolute atomic E-state index is 0. The first-order valence-electron chi connectivity index (χ1n) is 5.78. The number of guanidine groups is 1. The molecule has 1 aliphatic heterocycles. The highest BCUT2D eigenvalue weighted by atomic mass is 127. The summed E-state index contributed by atoms with van der Waals surface area (Å²) in [5, 5.41) is 3.16. The van der Waals surface area contributed by atoms with Crippen LogP contribution in [0.1, 0.15) is 6.92 Å². The molecule has 0 amide bonds. The summed E-state index contributed by atoms with van der Waals surface area (Å²) in [7, 11) is 3.17. The first kappa shape index (κ1) is 17.2. The number of halogens is 1. The predicted molar refractivity (Wildman–Crippen MR) is 83.2 cm³/mol. The zero-order valence-electron chi connectivity index (χ0n) is 11.2. The van der Waals surface area contributed by atoms with Gasteiger partial charge < -0.3 is 15.0 Å². The van der Waals surface area contributed by atoms with Crippen LogP contribution in [0.4, 0.5) is 0 Å². The lowest BCUT2D eigenvalue weighted by Gasteiger charge is -2.20. The van der Waals surface area contributed by atoms with E-state index in [1.807, 2.05) is 0 Å². The number of nitrogens with zero attached hydrogens (tertiary/aromatic N) is 2. The number of methoxy groups -OCH3 is 1. The van der Waals surface area contributed by atoms with Crippen molar-refractivity contribution in [2.24, 2.45) is 16.8 Å². The average molecular weight is 367 g/mol. The third-order valence-electron chi connectivity index (χ3n) is 3.03. The predicted octanol–water partition coefficient (Wildman–Crippen LogP) is 1.11. The molecule has 1 aliphatic rings. The van der Waals surface area contributed by atoms with Crippen molar-refractivity contribution in [1.82, 2.24) is 10.2 Å². The number of esters is 1. The molecule has 0 aromatic rings. The Bertz CT molecular complexity index is 320. The fourth-order valence-corrected chi connectivity index (χ4v) is 2.09. The van der Waals surface area contributed by atoms with E-state index in [0.717, 1.165) is 12.5 Å². The minimum Gasteiger partial charge on any atom is -0.469 e. The Labute approximate surface area is 126 Å². The second-order valence-electron chi connectivity index (χ2n) is 4.23. The van der Waals surface area contributed by atoms with E-state index >= 15 is 0 Å². The summed E-state index contributed by atoms with van der Waals surface area (Å²) < 4.78 is 4.81. The van der Waals surface area contributed by atoms with Gasteiger partial charge in [-0.2, -0.15) is 0 Å². The summed E-state index contributed by atoms with van der Waals surface area (Å²) in [6.45, 7) is 7.85. The molecule has 1 heterocycles. The Morgan fingerprint density at radius 3 is 2.78 bits per heavy atom. The second-order valence-corrected chi connectivity index (χ2v) is 4.23. The molecule has 1 rings (SSSR count). The fourth-order valence-electron chi connectivity index (χ4n) is 2.09. The van der Waals surface area contributed by atoms with Crippen LogP contribution in [0.2, 0.25) is 0 Å². The average Bonchev–Trinajstić information content (AvgIpc) is 2.71. The number of likely N-dealkylation sites (tertiary alicyclic amines) is 1. The molecule has 6 heteroatoms. The van der Waals surface area contributed by atoms with Crippen LogP contribution in [0.25, 0.3) is 0 Å². The molecule has 2 unspecified atom stereocenters. The van der Waals surface area contributed by atoms with E-state index in [0.29, 0.717) is 13.1 Å². The number of ether oxygens (including phenoxy) is 1. The van der Waals surface area contributed by atoms with Gasteiger partial charge in [-0.05, 0) is 5.92 Å². The Morgan fingerprint density at radius 1 is 1.61 bits per heavy atom. The molecule has 1 N–H and O–H groups in total. The number of hydrogen-bond donors (Lipinski definition) is 1. The van der Waals surface area contributed by atoms with Crippen molar-refractivity contribution in [2.45, 2.75) is 6.92 Å². The quantitative estimate of drug-likeness (QED) is 0.267. The molecule has 2 atom stereocenters. The molecule has 18 heavy (non-hydrogen) atoms. The van der Waals surface area contributed by atoms with Gasteiger partial charge in [0.05, 0.1) is 13.0 Å². The monoisotopic (exact) mass is 367 g/mol. The van der Waals surface area contributed by atoms with E-state index in [1.54, 1.807) is 13.1 Å². The minimum atomic E-state index is -0.140. The first-order valence-corrected chi connectivity index (χ1v) is 5.78. The van der Waals surface area contributed by atoms with Crippen molar-refractivity contribution in [1.29, 1.82) is 0 Å². The van der Waals surface area contributed by atoms with E-state index in [1.165, 1.54) is 7.11 Å². The zero-order valence-corrected chi connectivity index (χ0v) is 13.5. The van der Waals surface area contributed by atoms with Crippen molar-refractivity contribution in [2.75, 3.05) is 33.8 Å². The number of carbonyl (C=O) groups excluding carboxylic acids is 1. The third kappa shape index (κ3) is 4.15. The number of rotatable bonds is 3. The topological polar surface area (TPSA) is 53.9 Å². The van der Waals surface area contributed by atoms with Crippen molar-refractivity contribution >= 4 is 35.9 Å². The molecule has 1 saturated heterocycles. The van der Waals surface area contributed by atoms with Gasteiger partial charge in [0.1, 0.15) is 0 Å². The molecule has 0 radical (unpaired) electrons. The smallest absolute Gasteiger partial charge is 0.310 e. The highest BCUT2D eigenvalue weighted by molar-refractivity contribution is 14.0. The van der Waals surface area contributed by atoms with Crippen LogP contribution in [0, 0.1) is 11.8 Å². The maximum atomic E-state index is 11.6. The van der Waals surface area contributed by atoms with Crippen LogP contribution in [0.5, 0.6) is 0 Å². The van der Waals surface area contributed by atoms with E-state index < -0.39 is 0 Å². The molecule has 5 nitrogen and oxygen atoms in total. The van der Waals surface area contributed by atoms with Crippen molar-refractivity contribution in [3.05, 3.63) is 12.7 Å². The summed E-state index contributed by atoms with van der Waals surface area (Å²) in [4.78, 5) is 17.8. The molecule has 0 bridgehead atoms. The van der Waals surface area contributed by atoms with E-state index in [-0.39, 0.29) is 41.8 Å². The Balaban J connectivity index is 0.00000289. The Kier molecular flexibility index (Phi) is 7.97. The SMILES string of the molecule is C=CCNC(=NC)N1CC(C)C(C(=O)OC)C1.I. The van der Waals surface area contributed by atoms with Crippen LogP contribution in [0.3, 0.4) is 0 Å². The van der Waals surface area contributed by atoms with E-state index in [4.69, 9.17) is 4.74 Å². The number of nitrogens with one attached hydrogen (secondary N) is 1. The number of aliphatic imine (C=N–C) groups is 1. The van der Waals surface area contributed by atoms with Gasteiger partial charge in [-0.3, -0.25) is 9.79 Å². The molecule has 0 aromatic heterocycles. The molecular formula is C12H22IN3O2. The molecule has 0 aromatic carbocycles. The fraction of sp³-hybridized carbons (Fsp3) is 0.667. The molecule has 0 spiro atoms. The maximum Gasteiger partial charge on any atom is 0.310 e.